The molecule has 1 atom stereocenters. The van der Waals surface area contributed by atoms with E-state index >= 15 is 0 Å². The number of carbonyl (C=O) groups is 1. The number of hydrogen-bond acceptors (Lipinski definition) is 5. The molecule has 0 bridgehead atoms. The van der Waals surface area contributed by atoms with E-state index in [2.05, 4.69) is 19.8 Å². The minimum atomic E-state index is 0.326. The predicted molar refractivity (Wildman–Crippen MR) is 99.9 cm³/mol. The van der Waals surface area contributed by atoms with Gasteiger partial charge in [-0.1, -0.05) is 6.42 Å². The number of anilines is 1. The summed E-state index contributed by atoms with van der Waals surface area (Å²) in [6, 6.07) is 0. The third kappa shape index (κ3) is 2.73. The maximum absolute atomic E-state index is 12.9. The molecule has 1 aromatic heterocycles. The molecule has 6 heteroatoms. The van der Waals surface area contributed by atoms with Gasteiger partial charge in [-0.3, -0.25) is 4.79 Å². The Kier molecular flexibility index (Phi) is 3.91. The summed E-state index contributed by atoms with van der Waals surface area (Å²) < 4.78 is 0. The summed E-state index contributed by atoms with van der Waals surface area (Å²) in [4.78, 5) is 26.7. The molecule has 1 spiro atoms. The summed E-state index contributed by atoms with van der Waals surface area (Å²) in [7, 11) is 0. The normalized spacial score (nSPS) is 27.4. The van der Waals surface area contributed by atoms with Crippen molar-refractivity contribution >= 4 is 23.5 Å². The number of fused-ring (bicyclic) bond motifs is 1. The van der Waals surface area contributed by atoms with Gasteiger partial charge in [0.2, 0.25) is 5.91 Å². The molecule has 2 aliphatic heterocycles. The number of hydrogen-bond donors (Lipinski definition) is 0. The largest absolute Gasteiger partial charge is 0.355 e. The van der Waals surface area contributed by atoms with E-state index in [1.807, 2.05) is 11.8 Å². The second-order valence-electron chi connectivity index (χ2n) is 8.02. The molecule has 25 heavy (non-hydrogen) atoms. The molecule has 2 saturated carbocycles. The summed E-state index contributed by atoms with van der Waals surface area (Å²) in [5, 5.41) is 0. The first-order chi connectivity index (χ1) is 12.3. The Bertz CT molecular complexity index is 684. The Labute approximate surface area is 153 Å². The monoisotopic (exact) mass is 358 g/mol. The zero-order valence-electron chi connectivity index (χ0n) is 14.7. The minimum absolute atomic E-state index is 0.326. The number of amides is 1. The summed E-state index contributed by atoms with van der Waals surface area (Å²) in [5.74, 6) is 4.21. The molecular formula is C19H26N4OS. The molecule has 3 heterocycles. The van der Waals surface area contributed by atoms with Crippen LogP contribution >= 0.6 is 11.8 Å². The van der Waals surface area contributed by atoms with Crippen molar-refractivity contribution in [1.29, 1.82) is 0 Å². The second-order valence-corrected chi connectivity index (χ2v) is 9.24. The Hall–Kier alpha value is -1.30. The highest BCUT2D eigenvalue weighted by Gasteiger charge is 2.61. The Balaban J connectivity index is 1.32. The lowest BCUT2D eigenvalue weighted by Crippen LogP contribution is -2.37. The van der Waals surface area contributed by atoms with Gasteiger partial charge in [0, 0.05) is 55.6 Å². The third-order valence-electron chi connectivity index (χ3n) is 6.72. The molecule has 1 amide bonds. The molecule has 1 saturated heterocycles. The molecule has 0 radical (unpaired) electrons. The molecule has 2 aliphatic carbocycles. The van der Waals surface area contributed by atoms with E-state index < -0.39 is 0 Å². The van der Waals surface area contributed by atoms with Gasteiger partial charge in [-0.05, 0) is 31.1 Å². The SMILES string of the molecule is O=C([C@H]1CC12CCC2)N1CCc2ncnc(N3CCSCC3)c2CC1. The van der Waals surface area contributed by atoms with Crippen LogP contribution in [0.4, 0.5) is 5.82 Å². The fraction of sp³-hybridized carbons (Fsp3) is 0.737. The summed E-state index contributed by atoms with van der Waals surface area (Å²) in [6.45, 7) is 3.80. The number of rotatable bonds is 2. The summed E-state index contributed by atoms with van der Waals surface area (Å²) >= 11 is 2.02. The van der Waals surface area contributed by atoms with E-state index in [4.69, 9.17) is 0 Å². The van der Waals surface area contributed by atoms with Crippen LogP contribution in [0.3, 0.4) is 0 Å². The molecule has 1 aromatic rings. The fourth-order valence-corrected chi connectivity index (χ4v) is 5.78. The van der Waals surface area contributed by atoms with Crippen molar-refractivity contribution in [3.8, 4) is 0 Å². The van der Waals surface area contributed by atoms with Crippen LogP contribution in [0.5, 0.6) is 0 Å². The van der Waals surface area contributed by atoms with E-state index in [9.17, 15) is 4.79 Å². The standard InChI is InChI=1S/C19H26N4OS/c24-18(15-12-19(15)4-1-5-19)23-6-2-14-16(3-7-23)20-13-21-17(14)22-8-10-25-11-9-22/h13,15H,1-12H2/t15-/m1/s1. The van der Waals surface area contributed by atoms with Gasteiger partial charge in [-0.25, -0.2) is 9.97 Å². The average molecular weight is 359 g/mol. The van der Waals surface area contributed by atoms with Crippen molar-refractivity contribution in [2.75, 3.05) is 42.6 Å². The number of carbonyl (C=O) groups excluding carboxylic acids is 1. The van der Waals surface area contributed by atoms with Gasteiger partial charge < -0.3 is 9.80 Å². The molecule has 0 unspecified atom stereocenters. The Morgan fingerprint density at radius 1 is 1.12 bits per heavy atom. The number of aromatic nitrogens is 2. The van der Waals surface area contributed by atoms with Crippen LogP contribution in [-0.2, 0) is 17.6 Å². The van der Waals surface area contributed by atoms with Crippen LogP contribution in [0.25, 0.3) is 0 Å². The zero-order valence-corrected chi connectivity index (χ0v) is 15.6. The molecular weight excluding hydrogens is 332 g/mol. The lowest BCUT2D eigenvalue weighted by Gasteiger charge is -2.29. The highest BCUT2D eigenvalue weighted by molar-refractivity contribution is 7.99. The lowest BCUT2D eigenvalue weighted by atomic mass is 9.79. The highest BCUT2D eigenvalue weighted by Crippen LogP contribution is 2.65. The van der Waals surface area contributed by atoms with E-state index in [1.165, 1.54) is 36.3 Å². The molecule has 134 valence electrons. The number of nitrogens with zero attached hydrogens (tertiary/aromatic N) is 4. The Morgan fingerprint density at radius 2 is 1.92 bits per heavy atom. The van der Waals surface area contributed by atoms with Gasteiger partial charge in [0.1, 0.15) is 12.1 Å². The summed E-state index contributed by atoms with van der Waals surface area (Å²) in [6.07, 6.45) is 8.52. The molecule has 0 N–H and O–H groups in total. The molecule has 5 rings (SSSR count). The van der Waals surface area contributed by atoms with Gasteiger partial charge in [-0.15, -0.1) is 0 Å². The van der Waals surface area contributed by atoms with E-state index in [0.717, 1.165) is 57.0 Å². The third-order valence-corrected chi connectivity index (χ3v) is 7.66. The lowest BCUT2D eigenvalue weighted by molar-refractivity contribution is -0.133. The minimum Gasteiger partial charge on any atom is -0.355 e. The predicted octanol–water partition coefficient (Wildman–Crippen LogP) is 2.15. The van der Waals surface area contributed by atoms with Crippen molar-refractivity contribution in [1.82, 2.24) is 14.9 Å². The maximum Gasteiger partial charge on any atom is 0.226 e. The van der Waals surface area contributed by atoms with Crippen LogP contribution in [0, 0.1) is 11.3 Å². The second kappa shape index (κ2) is 6.15. The maximum atomic E-state index is 12.9. The quantitative estimate of drug-likeness (QED) is 0.811. The number of thioether (sulfide) groups is 1. The average Bonchev–Trinajstić information content (AvgIpc) is 3.41. The summed E-state index contributed by atoms with van der Waals surface area (Å²) in [5.41, 5.74) is 2.87. The van der Waals surface area contributed by atoms with E-state index in [-0.39, 0.29) is 0 Å². The van der Waals surface area contributed by atoms with Gasteiger partial charge in [0.25, 0.3) is 0 Å². The van der Waals surface area contributed by atoms with Gasteiger partial charge in [0.15, 0.2) is 0 Å². The molecule has 3 fully saturated rings. The smallest absolute Gasteiger partial charge is 0.226 e. The van der Waals surface area contributed by atoms with E-state index in [1.54, 1.807) is 6.33 Å². The Morgan fingerprint density at radius 3 is 2.64 bits per heavy atom. The van der Waals surface area contributed by atoms with Crippen LogP contribution in [0.15, 0.2) is 6.33 Å². The highest BCUT2D eigenvalue weighted by atomic mass is 32.2. The first-order valence-electron chi connectivity index (χ1n) is 9.71. The van der Waals surface area contributed by atoms with Gasteiger partial charge in [-0.2, -0.15) is 11.8 Å². The van der Waals surface area contributed by atoms with Crippen LogP contribution in [0.1, 0.15) is 36.9 Å². The van der Waals surface area contributed by atoms with Crippen molar-refractivity contribution < 1.29 is 4.79 Å². The van der Waals surface area contributed by atoms with Crippen LogP contribution in [-0.4, -0.2) is 58.5 Å². The fourth-order valence-electron chi connectivity index (χ4n) is 4.88. The topological polar surface area (TPSA) is 49.3 Å². The molecule has 4 aliphatic rings. The van der Waals surface area contributed by atoms with Gasteiger partial charge >= 0.3 is 0 Å². The molecule has 0 aromatic carbocycles. The first kappa shape index (κ1) is 15.9. The van der Waals surface area contributed by atoms with Crippen molar-refractivity contribution in [2.24, 2.45) is 11.3 Å². The zero-order chi connectivity index (χ0) is 16.9. The van der Waals surface area contributed by atoms with Crippen molar-refractivity contribution in [2.45, 2.75) is 38.5 Å². The van der Waals surface area contributed by atoms with Crippen LogP contribution in [0.2, 0.25) is 0 Å². The van der Waals surface area contributed by atoms with Crippen LogP contribution < -0.4 is 4.90 Å². The molecule has 5 nitrogen and oxygen atoms in total. The van der Waals surface area contributed by atoms with Gasteiger partial charge in [0.05, 0.1) is 5.69 Å². The first-order valence-corrected chi connectivity index (χ1v) is 10.9. The van der Waals surface area contributed by atoms with Crippen molar-refractivity contribution in [3.05, 3.63) is 17.6 Å². The van der Waals surface area contributed by atoms with E-state index in [0.29, 0.717) is 17.2 Å². The van der Waals surface area contributed by atoms with Crippen molar-refractivity contribution in [3.63, 3.8) is 0 Å².